The molecule has 158 valence electrons. The molecule has 7 N–H and O–H groups in total. The first kappa shape index (κ1) is 23.3. The average molecular weight is 402 g/mol. The minimum Gasteiger partial charge on any atom is -0.481 e. The quantitative estimate of drug-likeness (QED) is 0.201. The van der Waals surface area contributed by atoms with Gasteiger partial charge in [-0.3, -0.25) is 19.2 Å². The van der Waals surface area contributed by atoms with Crippen molar-refractivity contribution in [2.24, 2.45) is 0 Å². The molecule has 0 bridgehead atoms. The topological polar surface area (TPSA) is 194 Å². The first-order chi connectivity index (χ1) is 13.0. The van der Waals surface area contributed by atoms with Gasteiger partial charge in [0.25, 0.3) is 0 Å². The van der Waals surface area contributed by atoms with Crippen LogP contribution in [0.2, 0.25) is 0 Å². The molecule has 1 aliphatic rings. The van der Waals surface area contributed by atoms with Gasteiger partial charge in [0.15, 0.2) is 0 Å². The molecular formula is C16H26N4O8. The second kappa shape index (κ2) is 10.6. The van der Waals surface area contributed by atoms with E-state index in [2.05, 4.69) is 16.0 Å². The highest BCUT2D eigenvalue weighted by Gasteiger charge is 2.32. The minimum atomic E-state index is -1.66. The fraction of sp³-hybridized carbons (Fsp3) is 0.688. The van der Waals surface area contributed by atoms with Crippen molar-refractivity contribution < 1.29 is 39.3 Å². The molecular weight excluding hydrogens is 376 g/mol. The molecule has 1 aliphatic heterocycles. The lowest BCUT2D eigenvalue weighted by Crippen LogP contribution is -2.59. The molecule has 1 fully saturated rings. The monoisotopic (exact) mass is 402 g/mol. The molecule has 0 saturated carbocycles. The molecule has 12 nitrogen and oxygen atoms in total. The van der Waals surface area contributed by atoms with Gasteiger partial charge in [0.2, 0.25) is 17.7 Å². The van der Waals surface area contributed by atoms with Gasteiger partial charge in [-0.15, -0.1) is 0 Å². The van der Waals surface area contributed by atoms with Crippen LogP contribution in [0.5, 0.6) is 0 Å². The number of rotatable bonds is 10. The number of carboxylic acids is 2. The predicted octanol–water partition coefficient (Wildman–Crippen LogP) is -2.85. The normalized spacial score (nSPS) is 20.3. The van der Waals surface area contributed by atoms with E-state index >= 15 is 0 Å². The van der Waals surface area contributed by atoms with E-state index in [1.165, 1.54) is 13.8 Å². The van der Waals surface area contributed by atoms with E-state index < -0.39 is 66.4 Å². The summed E-state index contributed by atoms with van der Waals surface area (Å²) < 4.78 is 0. The summed E-state index contributed by atoms with van der Waals surface area (Å²) >= 11 is 0. The van der Waals surface area contributed by atoms with Gasteiger partial charge < -0.3 is 36.6 Å². The SMILES string of the molecule is CC(NC(=O)C(NC(=O)C1CCCN1)C(C)O)C(=O)NC(CC(=O)O)C(=O)O. The third kappa shape index (κ3) is 7.12. The smallest absolute Gasteiger partial charge is 0.326 e. The third-order valence-corrected chi connectivity index (χ3v) is 4.18. The lowest BCUT2D eigenvalue weighted by molar-refractivity contribution is -0.147. The second-order valence-electron chi connectivity index (χ2n) is 6.60. The van der Waals surface area contributed by atoms with Crippen molar-refractivity contribution in [3.63, 3.8) is 0 Å². The van der Waals surface area contributed by atoms with Gasteiger partial charge in [0.1, 0.15) is 18.1 Å². The van der Waals surface area contributed by atoms with Crippen LogP contribution in [-0.4, -0.2) is 81.8 Å². The highest BCUT2D eigenvalue weighted by atomic mass is 16.4. The van der Waals surface area contributed by atoms with Gasteiger partial charge >= 0.3 is 11.9 Å². The molecule has 5 atom stereocenters. The summed E-state index contributed by atoms with van der Waals surface area (Å²) in [7, 11) is 0. The van der Waals surface area contributed by atoms with Crippen LogP contribution in [0.25, 0.3) is 0 Å². The van der Waals surface area contributed by atoms with Crippen molar-refractivity contribution in [2.75, 3.05) is 6.54 Å². The minimum absolute atomic E-state index is 0.456. The van der Waals surface area contributed by atoms with Crippen molar-refractivity contribution in [3.05, 3.63) is 0 Å². The number of aliphatic carboxylic acids is 2. The van der Waals surface area contributed by atoms with Crippen LogP contribution in [0.15, 0.2) is 0 Å². The molecule has 28 heavy (non-hydrogen) atoms. The standard InChI is InChI=1S/C16H26N4O8/c1-7(13(24)19-10(16(27)28)6-11(22)23)18-15(26)12(8(2)21)20-14(25)9-4-3-5-17-9/h7-10,12,17,21H,3-6H2,1-2H3,(H,18,26)(H,19,24)(H,20,25)(H,22,23)(H,27,28). The van der Waals surface area contributed by atoms with Crippen LogP contribution < -0.4 is 21.3 Å². The number of amides is 3. The van der Waals surface area contributed by atoms with E-state index in [9.17, 15) is 29.1 Å². The number of aliphatic hydroxyl groups is 1. The third-order valence-electron chi connectivity index (χ3n) is 4.18. The van der Waals surface area contributed by atoms with E-state index in [1.54, 1.807) is 0 Å². The number of carbonyl (C=O) groups is 5. The van der Waals surface area contributed by atoms with Gasteiger partial charge in [-0.1, -0.05) is 0 Å². The average Bonchev–Trinajstić information content (AvgIpc) is 3.12. The van der Waals surface area contributed by atoms with Crippen LogP contribution in [0.1, 0.15) is 33.1 Å². The molecule has 0 spiro atoms. The van der Waals surface area contributed by atoms with Crippen molar-refractivity contribution >= 4 is 29.7 Å². The summed E-state index contributed by atoms with van der Waals surface area (Å²) in [6.07, 6.45) is -0.678. The van der Waals surface area contributed by atoms with Crippen molar-refractivity contribution in [3.8, 4) is 0 Å². The van der Waals surface area contributed by atoms with Gasteiger partial charge in [0, 0.05) is 0 Å². The zero-order chi connectivity index (χ0) is 21.4. The predicted molar refractivity (Wildman–Crippen MR) is 94.1 cm³/mol. The zero-order valence-electron chi connectivity index (χ0n) is 15.6. The maximum atomic E-state index is 12.4. The van der Waals surface area contributed by atoms with E-state index in [0.29, 0.717) is 13.0 Å². The number of nitrogens with one attached hydrogen (secondary N) is 4. The highest BCUT2D eigenvalue weighted by Crippen LogP contribution is 2.06. The molecule has 0 radical (unpaired) electrons. The Bertz CT molecular complexity index is 618. The molecule has 12 heteroatoms. The molecule has 0 aliphatic carbocycles. The van der Waals surface area contributed by atoms with E-state index in [1.807, 2.05) is 5.32 Å². The van der Waals surface area contributed by atoms with Crippen LogP contribution in [0.3, 0.4) is 0 Å². The molecule has 5 unspecified atom stereocenters. The highest BCUT2D eigenvalue weighted by molar-refractivity contribution is 5.94. The molecule has 0 aromatic carbocycles. The largest absolute Gasteiger partial charge is 0.481 e. The van der Waals surface area contributed by atoms with E-state index in [-0.39, 0.29) is 0 Å². The maximum Gasteiger partial charge on any atom is 0.326 e. The summed E-state index contributed by atoms with van der Waals surface area (Å²) in [6, 6.07) is -4.68. The van der Waals surface area contributed by atoms with Crippen molar-refractivity contribution in [1.82, 2.24) is 21.3 Å². The fourth-order valence-electron chi connectivity index (χ4n) is 2.61. The number of hydrogen-bond acceptors (Lipinski definition) is 7. The zero-order valence-corrected chi connectivity index (χ0v) is 15.6. The molecule has 3 amide bonds. The fourth-order valence-corrected chi connectivity index (χ4v) is 2.61. The number of carbonyl (C=O) groups excluding carboxylic acids is 3. The van der Waals surface area contributed by atoms with Crippen LogP contribution in [0, 0.1) is 0 Å². The Morgan fingerprint density at radius 2 is 1.68 bits per heavy atom. The summed E-state index contributed by atoms with van der Waals surface area (Å²) in [5.41, 5.74) is 0. The summed E-state index contributed by atoms with van der Waals surface area (Å²) in [5.74, 6) is -5.17. The number of hydrogen-bond donors (Lipinski definition) is 7. The number of aliphatic hydroxyl groups excluding tert-OH is 1. The van der Waals surface area contributed by atoms with Gasteiger partial charge in [-0.05, 0) is 33.2 Å². The summed E-state index contributed by atoms with van der Waals surface area (Å²) in [6.45, 7) is 3.22. The van der Waals surface area contributed by atoms with Crippen LogP contribution in [-0.2, 0) is 24.0 Å². The van der Waals surface area contributed by atoms with Crippen molar-refractivity contribution in [2.45, 2.75) is 63.4 Å². The Morgan fingerprint density at radius 3 is 2.14 bits per heavy atom. The Kier molecular flexibility index (Phi) is 8.79. The Morgan fingerprint density at radius 1 is 1.04 bits per heavy atom. The van der Waals surface area contributed by atoms with Crippen LogP contribution in [0.4, 0.5) is 0 Å². The van der Waals surface area contributed by atoms with Gasteiger partial charge in [-0.25, -0.2) is 4.79 Å². The second-order valence-corrected chi connectivity index (χ2v) is 6.60. The van der Waals surface area contributed by atoms with E-state index in [0.717, 1.165) is 6.42 Å². The molecule has 0 aromatic heterocycles. The van der Waals surface area contributed by atoms with Gasteiger partial charge in [-0.2, -0.15) is 0 Å². The summed E-state index contributed by atoms with van der Waals surface area (Å²) in [4.78, 5) is 58.2. The first-order valence-corrected chi connectivity index (χ1v) is 8.80. The van der Waals surface area contributed by atoms with Crippen molar-refractivity contribution in [1.29, 1.82) is 0 Å². The summed E-state index contributed by atoms with van der Waals surface area (Å²) in [5, 5.41) is 37.1. The molecule has 1 saturated heterocycles. The molecule has 0 aromatic rings. The maximum absolute atomic E-state index is 12.4. The Labute approximate surface area is 161 Å². The van der Waals surface area contributed by atoms with Gasteiger partial charge in [0.05, 0.1) is 18.6 Å². The first-order valence-electron chi connectivity index (χ1n) is 8.80. The van der Waals surface area contributed by atoms with E-state index in [4.69, 9.17) is 10.2 Å². The lowest BCUT2D eigenvalue weighted by atomic mass is 10.1. The molecule has 1 heterocycles. The Balaban J connectivity index is 2.67. The lowest BCUT2D eigenvalue weighted by Gasteiger charge is -2.25. The molecule has 1 rings (SSSR count). The Hall–Kier alpha value is -2.73. The number of carboxylic acid groups (broad SMARTS) is 2. The van der Waals surface area contributed by atoms with Crippen LogP contribution >= 0.6 is 0 Å².